The lowest BCUT2D eigenvalue weighted by molar-refractivity contribution is 0.104. The van der Waals surface area contributed by atoms with Crippen molar-refractivity contribution in [2.24, 2.45) is 0 Å². The van der Waals surface area contributed by atoms with Gasteiger partial charge in [0.15, 0.2) is 5.78 Å². The first-order valence-corrected chi connectivity index (χ1v) is 8.58. The molecule has 0 spiro atoms. The summed E-state index contributed by atoms with van der Waals surface area (Å²) < 4.78 is 10.6. The summed E-state index contributed by atoms with van der Waals surface area (Å²) in [6, 6.07) is 14.5. The molecule has 0 bridgehead atoms. The van der Waals surface area contributed by atoms with Crippen LogP contribution in [0.25, 0.3) is 17.0 Å². The highest BCUT2D eigenvalue weighted by molar-refractivity contribution is 6.31. The zero-order valence-corrected chi connectivity index (χ0v) is 15.3. The molecule has 0 fully saturated rings. The Kier molecular flexibility index (Phi) is 5.54. The highest BCUT2D eigenvalue weighted by atomic mass is 35.5. The molecule has 2 aromatic carbocycles. The average Bonchev–Trinajstić information content (AvgIpc) is 2.66. The lowest BCUT2D eigenvalue weighted by Crippen LogP contribution is -1.95. The number of ketones is 1. The number of allylic oxidation sites excluding steroid dienone is 1. The third-order valence-corrected chi connectivity index (χ3v) is 4.17. The second-order valence-electron chi connectivity index (χ2n) is 5.58. The first-order chi connectivity index (χ1) is 12.6. The molecule has 4 nitrogen and oxygen atoms in total. The van der Waals surface area contributed by atoms with E-state index in [9.17, 15) is 4.79 Å². The number of nitrogens with zero attached hydrogens (tertiary/aromatic N) is 1. The summed E-state index contributed by atoms with van der Waals surface area (Å²) in [7, 11) is 1.59. The SMILES string of the molecule is CCOc1ccc2cc(C=CC(=O)c3ccc(OC)cc3)c(Cl)nc2c1. The van der Waals surface area contributed by atoms with Crippen LogP contribution in [0.1, 0.15) is 22.8 Å². The minimum atomic E-state index is -0.115. The van der Waals surface area contributed by atoms with Gasteiger partial charge in [-0.05, 0) is 61.5 Å². The highest BCUT2D eigenvalue weighted by Crippen LogP contribution is 2.25. The maximum absolute atomic E-state index is 12.3. The first-order valence-electron chi connectivity index (χ1n) is 8.20. The van der Waals surface area contributed by atoms with E-state index in [0.29, 0.717) is 28.6 Å². The number of hydrogen-bond acceptors (Lipinski definition) is 4. The van der Waals surface area contributed by atoms with Gasteiger partial charge in [0.1, 0.15) is 16.7 Å². The van der Waals surface area contributed by atoms with Crippen molar-refractivity contribution in [2.75, 3.05) is 13.7 Å². The third-order valence-electron chi connectivity index (χ3n) is 3.87. The van der Waals surface area contributed by atoms with Gasteiger partial charge in [-0.3, -0.25) is 4.79 Å². The van der Waals surface area contributed by atoms with Gasteiger partial charge in [-0.15, -0.1) is 0 Å². The van der Waals surface area contributed by atoms with Gasteiger partial charge in [0.25, 0.3) is 0 Å². The van der Waals surface area contributed by atoms with E-state index >= 15 is 0 Å². The Balaban J connectivity index is 1.84. The molecule has 0 aliphatic heterocycles. The molecule has 0 aliphatic rings. The van der Waals surface area contributed by atoms with Gasteiger partial charge in [0.05, 0.1) is 19.2 Å². The second kappa shape index (κ2) is 8.02. The maximum atomic E-state index is 12.3. The standard InChI is InChI=1S/C21H18ClNO3/c1-3-26-18-10-6-15-12-16(21(22)23-19(15)13-18)7-11-20(24)14-4-8-17(25-2)9-5-14/h4-13H,3H2,1-2H3. The van der Waals surface area contributed by atoms with E-state index in [2.05, 4.69) is 4.98 Å². The van der Waals surface area contributed by atoms with Crippen LogP contribution in [0, 0.1) is 0 Å². The monoisotopic (exact) mass is 367 g/mol. The summed E-state index contributed by atoms with van der Waals surface area (Å²) in [5.41, 5.74) is 2.01. The van der Waals surface area contributed by atoms with Crippen molar-refractivity contribution in [3.63, 3.8) is 0 Å². The van der Waals surface area contributed by atoms with Gasteiger partial charge in [0.2, 0.25) is 0 Å². The van der Waals surface area contributed by atoms with E-state index in [1.54, 1.807) is 37.5 Å². The van der Waals surface area contributed by atoms with Crippen LogP contribution < -0.4 is 9.47 Å². The molecule has 0 aliphatic carbocycles. The molecule has 0 saturated heterocycles. The van der Waals surface area contributed by atoms with Crippen LogP contribution in [0.5, 0.6) is 11.5 Å². The molecular weight excluding hydrogens is 350 g/mol. The number of carbonyl (C=O) groups is 1. The Morgan fingerprint density at radius 1 is 1.12 bits per heavy atom. The second-order valence-corrected chi connectivity index (χ2v) is 5.94. The number of halogens is 1. The van der Waals surface area contributed by atoms with Gasteiger partial charge in [-0.25, -0.2) is 4.98 Å². The molecule has 0 saturated carbocycles. The molecule has 0 radical (unpaired) electrons. The molecule has 5 heteroatoms. The summed E-state index contributed by atoms with van der Waals surface area (Å²) in [4.78, 5) is 16.7. The molecule has 0 N–H and O–H groups in total. The van der Waals surface area contributed by atoms with E-state index in [1.165, 1.54) is 6.08 Å². The van der Waals surface area contributed by atoms with Gasteiger partial charge >= 0.3 is 0 Å². The maximum Gasteiger partial charge on any atom is 0.185 e. The first kappa shape index (κ1) is 18.0. The number of ether oxygens (including phenoxy) is 2. The summed E-state index contributed by atoms with van der Waals surface area (Å²) in [5.74, 6) is 1.34. The number of fused-ring (bicyclic) bond motifs is 1. The fourth-order valence-electron chi connectivity index (χ4n) is 2.53. The third kappa shape index (κ3) is 4.03. The van der Waals surface area contributed by atoms with E-state index in [4.69, 9.17) is 21.1 Å². The Hall–Kier alpha value is -2.85. The van der Waals surface area contributed by atoms with Crippen molar-refractivity contribution >= 4 is 34.4 Å². The fourth-order valence-corrected chi connectivity index (χ4v) is 2.74. The van der Waals surface area contributed by atoms with Crippen LogP contribution >= 0.6 is 11.6 Å². The van der Waals surface area contributed by atoms with Crippen molar-refractivity contribution < 1.29 is 14.3 Å². The molecule has 0 amide bonds. The van der Waals surface area contributed by atoms with Crippen molar-refractivity contribution in [3.05, 3.63) is 70.9 Å². The molecule has 3 aromatic rings. The van der Waals surface area contributed by atoms with Crippen LogP contribution in [0.15, 0.2) is 54.6 Å². The largest absolute Gasteiger partial charge is 0.497 e. The minimum absolute atomic E-state index is 0.115. The number of aromatic nitrogens is 1. The Morgan fingerprint density at radius 2 is 1.85 bits per heavy atom. The van der Waals surface area contributed by atoms with Gasteiger partial charge < -0.3 is 9.47 Å². The molecule has 1 heterocycles. The molecule has 132 valence electrons. The van der Waals surface area contributed by atoms with Crippen LogP contribution in [0.3, 0.4) is 0 Å². The van der Waals surface area contributed by atoms with Crippen LogP contribution in [0.2, 0.25) is 5.15 Å². The van der Waals surface area contributed by atoms with Gasteiger partial charge in [-0.1, -0.05) is 11.6 Å². The Bertz CT molecular complexity index is 965. The van der Waals surface area contributed by atoms with Crippen molar-refractivity contribution in [1.29, 1.82) is 0 Å². The number of carbonyl (C=O) groups excluding carboxylic acids is 1. The minimum Gasteiger partial charge on any atom is -0.497 e. The predicted octanol–water partition coefficient (Wildman–Crippen LogP) is 5.19. The van der Waals surface area contributed by atoms with Gasteiger partial charge in [0, 0.05) is 22.6 Å². The van der Waals surface area contributed by atoms with Crippen LogP contribution in [-0.2, 0) is 0 Å². The Labute approximate surface area is 157 Å². The molecule has 0 unspecified atom stereocenters. The average molecular weight is 368 g/mol. The molecule has 1 aromatic heterocycles. The van der Waals surface area contributed by atoms with E-state index in [-0.39, 0.29) is 5.78 Å². The number of pyridine rings is 1. The number of hydrogen-bond donors (Lipinski definition) is 0. The van der Waals surface area contributed by atoms with Gasteiger partial charge in [-0.2, -0.15) is 0 Å². The quantitative estimate of drug-likeness (QED) is 0.341. The lowest BCUT2D eigenvalue weighted by Gasteiger charge is -2.06. The van der Waals surface area contributed by atoms with E-state index in [0.717, 1.165) is 16.7 Å². The van der Waals surface area contributed by atoms with Crippen LogP contribution in [-0.4, -0.2) is 24.5 Å². The summed E-state index contributed by atoms with van der Waals surface area (Å²) >= 11 is 6.27. The van der Waals surface area contributed by atoms with Crippen molar-refractivity contribution in [1.82, 2.24) is 4.98 Å². The normalized spacial score (nSPS) is 11.0. The number of rotatable bonds is 6. The topological polar surface area (TPSA) is 48.4 Å². The van der Waals surface area contributed by atoms with Crippen molar-refractivity contribution in [3.8, 4) is 11.5 Å². The van der Waals surface area contributed by atoms with E-state index < -0.39 is 0 Å². The fraction of sp³-hybridized carbons (Fsp3) is 0.143. The van der Waals surface area contributed by atoms with Crippen LogP contribution in [0.4, 0.5) is 0 Å². The molecule has 26 heavy (non-hydrogen) atoms. The molecule has 0 atom stereocenters. The molecular formula is C21H18ClNO3. The summed E-state index contributed by atoms with van der Waals surface area (Å²) in [6.07, 6.45) is 3.17. The highest BCUT2D eigenvalue weighted by Gasteiger charge is 2.06. The summed E-state index contributed by atoms with van der Waals surface area (Å²) in [6.45, 7) is 2.52. The molecule has 3 rings (SSSR count). The number of methoxy groups -OCH3 is 1. The zero-order chi connectivity index (χ0) is 18.5. The zero-order valence-electron chi connectivity index (χ0n) is 14.5. The van der Waals surface area contributed by atoms with E-state index in [1.807, 2.05) is 31.2 Å². The number of benzene rings is 2. The Morgan fingerprint density at radius 3 is 2.54 bits per heavy atom. The summed E-state index contributed by atoms with van der Waals surface area (Å²) in [5, 5.41) is 1.26. The van der Waals surface area contributed by atoms with Crippen molar-refractivity contribution in [2.45, 2.75) is 6.92 Å². The lowest BCUT2D eigenvalue weighted by atomic mass is 10.1. The smallest absolute Gasteiger partial charge is 0.185 e. The predicted molar refractivity (Wildman–Crippen MR) is 104 cm³/mol.